The molecule has 1 amide bonds. The van der Waals surface area contributed by atoms with Crippen molar-refractivity contribution in [2.45, 2.75) is 0 Å². The van der Waals surface area contributed by atoms with Crippen LogP contribution in [-0.4, -0.2) is 42.1 Å². The van der Waals surface area contributed by atoms with Gasteiger partial charge in [-0.1, -0.05) is 18.2 Å². The number of rotatable bonds is 2. The highest BCUT2D eigenvalue weighted by atomic mass is 19.1. The molecule has 5 heteroatoms. The van der Waals surface area contributed by atoms with Gasteiger partial charge in [0.15, 0.2) is 0 Å². The maximum Gasteiger partial charge on any atom is 0.255 e. The average molecular weight is 286 g/mol. The van der Waals surface area contributed by atoms with Gasteiger partial charge in [-0.15, -0.1) is 0 Å². The Kier molecular flexibility index (Phi) is 3.92. The minimum Gasteiger partial charge on any atom is -0.378 e. The van der Waals surface area contributed by atoms with Gasteiger partial charge in [0.05, 0.1) is 18.8 Å². The first-order valence-corrected chi connectivity index (χ1v) is 6.82. The van der Waals surface area contributed by atoms with E-state index in [1.807, 2.05) is 0 Å². The van der Waals surface area contributed by atoms with Gasteiger partial charge in [-0.3, -0.25) is 9.78 Å². The van der Waals surface area contributed by atoms with Crippen LogP contribution in [0, 0.1) is 5.82 Å². The lowest BCUT2D eigenvalue weighted by Crippen LogP contribution is -2.40. The first kappa shape index (κ1) is 13.7. The van der Waals surface area contributed by atoms with Crippen molar-refractivity contribution in [2.75, 3.05) is 26.3 Å². The van der Waals surface area contributed by atoms with E-state index >= 15 is 0 Å². The quantitative estimate of drug-likeness (QED) is 0.851. The number of ether oxygens (including phenoxy) is 1. The lowest BCUT2D eigenvalue weighted by Gasteiger charge is -2.26. The van der Waals surface area contributed by atoms with Gasteiger partial charge in [0.25, 0.3) is 5.91 Å². The molecule has 3 rings (SSSR count). The van der Waals surface area contributed by atoms with Crippen molar-refractivity contribution in [1.82, 2.24) is 9.88 Å². The number of pyridine rings is 1. The van der Waals surface area contributed by atoms with Crippen LogP contribution in [0.2, 0.25) is 0 Å². The van der Waals surface area contributed by atoms with Gasteiger partial charge >= 0.3 is 0 Å². The number of benzene rings is 1. The van der Waals surface area contributed by atoms with Crippen LogP contribution >= 0.6 is 0 Å². The first-order valence-electron chi connectivity index (χ1n) is 6.82. The fourth-order valence-electron chi connectivity index (χ4n) is 2.35. The monoisotopic (exact) mass is 286 g/mol. The molecule has 0 unspecified atom stereocenters. The van der Waals surface area contributed by atoms with Crippen LogP contribution in [0.1, 0.15) is 10.4 Å². The largest absolute Gasteiger partial charge is 0.378 e. The molecule has 1 saturated heterocycles. The molecule has 1 fully saturated rings. The maximum atomic E-state index is 13.8. The third kappa shape index (κ3) is 2.92. The van der Waals surface area contributed by atoms with Crippen molar-refractivity contribution in [2.24, 2.45) is 0 Å². The number of carbonyl (C=O) groups excluding carboxylic acids is 1. The van der Waals surface area contributed by atoms with Crippen molar-refractivity contribution in [3.05, 3.63) is 54.1 Å². The van der Waals surface area contributed by atoms with Gasteiger partial charge in [0.1, 0.15) is 5.82 Å². The number of aromatic nitrogens is 1. The summed E-state index contributed by atoms with van der Waals surface area (Å²) in [6.07, 6.45) is 3.08. The number of halogens is 1. The van der Waals surface area contributed by atoms with Gasteiger partial charge in [-0.2, -0.15) is 0 Å². The van der Waals surface area contributed by atoms with Crippen molar-refractivity contribution in [3.63, 3.8) is 0 Å². The highest BCUT2D eigenvalue weighted by molar-refractivity contribution is 5.95. The molecule has 0 atom stereocenters. The zero-order chi connectivity index (χ0) is 14.7. The van der Waals surface area contributed by atoms with Crippen molar-refractivity contribution in [3.8, 4) is 11.1 Å². The second kappa shape index (κ2) is 6.01. The van der Waals surface area contributed by atoms with Gasteiger partial charge < -0.3 is 9.64 Å². The second-order valence-corrected chi connectivity index (χ2v) is 4.85. The molecule has 0 spiro atoms. The molecule has 0 bridgehead atoms. The summed E-state index contributed by atoms with van der Waals surface area (Å²) in [7, 11) is 0. The molecule has 0 radical (unpaired) electrons. The van der Waals surface area contributed by atoms with E-state index < -0.39 is 0 Å². The third-order valence-electron chi connectivity index (χ3n) is 3.47. The number of morpholine rings is 1. The Labute approximate surface area is 122 Å². The summed E-state index contributed by atoms with van der Waals surface area (Å²) in [5, 5.41) is 0. The van der Waals surface area contributed by atoms with Crippen LogP contribution in [0.3, 0.4) is 0 Å². The molecule has 1 aliphatic rings. The molecule has 1 aromatic heterocycles. The van der Waals surface area contributed by atoms with Gasteiger partial charge in [0, 0.05) is 36.6 Å². The molecule has 108 valence electrons. The standard InChI is InChI=1S/C16H15FN2O2/c17-15-4-2-1-3-14(15)12-9-13(11-18-10-12)16(20)19-5-7-21-8-6-19/h1-4,9-11H,5-8H2. The molecule has 4 nitrogen and oxygen atoms in total. The molecular formula is C16H15FN2O2. The number of amides is 1. The van der Waals surface area contributed by atoms with Crippen molar-refractivity contribution in [1.29, 1.82) is 0 Å². The molecule has 0 aliphatic carbocycles. The number of hydrogen-bond donors (Lipinski definition) is 0. The Bertz CT molecular complexity index is 654. The van der Waals surface area contributed by atoms with Gasteiger partial charge in [-0.25, -0.2) is 4.39 Å². The predicted octanol–water partition coefficient (Wildman–Crippen LogP) is 2.36. The number of carbonyl (C=O) groups is 1. The Hall–Kier alpha value is -2.27. The minimum atomic E-state index is -0.324. The van der Waals surface area contributed by atoms with E-state index in [2.05, 4.69) is 4.98 Å². The highest BCUT2D eigenvalue weighted by Gasteiger charge is 2.19. The summed E-state index contributed by atoms with van der Waals surface area (Å²) in [6.45, 7) is 2.24. The summed E-state index contributed by atoms with van der Waals surface area (Å²) in [5.74, 6) is -0.417. The summed E-state index contributed by atoms with van der Waals surface area (Å²) >= 11 is 0. The van der Waals surface area contributed by atoms with Crippen LogP contribution in [-0.2, 0) is 4.74 Å². The summed E-state index contributed by atoms with van der Waals surface area (Å²) < 4.78 is 19.1. The molecule has 21 heavy (non-hydrogen) atoms. The molecule has 0 N–H and O–H groups in total. The molecular weight excluding hydrogens is 271 g/mol. The van der Waals surface area contributed by atoms with Crippen molar-refractivity contribution < 1.29 is 13.9 Å². The van der Waals surface area contributed by atoms with E-state index in [0.717, 1.165) is 0 Å². The molecule has 2 aromatic rings. The fourth-order valence-corrected chi connectivity index (χ4v) is 2.35. The first-order chi connectivity index (χ1) is 10.3. The van der Waals surface area contributed by atoms with E-state index in [1.165, 1.54) is 12.3 Å². The minimum absolute atomic E-state index is 0.0935. The van der Waals surface area contributed by atoms with E-state index in [9.17, 15) is 9.18 Å². The molecule has 1 aliphatic heterocycles. The molecule has 2 heterocycles. The average Bonchev–Trinajstić information content (AvgIpc) is 2.55. The Balaban J connectivity index is 1.89. The lowest BCUT2D eigenvalue weighted by molar-refractivity contribution is 0.0302. The molecule has 1 aromatic carbocycles. The predicted molar refractivity (Wildman–Crippen MR) is 76.4 cm³/mol. The second-order valence-electron chi connectivity index (χ2n) is 4.85. The summed E-state index contributed by atoms with van der Waals surface area (Å²) in [6, 6.07) is 8.15. The van der Waals surface area contributed by atoms with E-state index in [0.29, 0.717) is 43.0 Å². The fraction of sp³-hybridized carbons (Fsp3) is 0.250. The third-order valence-corrected chi connectivity index (χ3v) is 3.47. The Morgan fingerprint density at radius 1 is 1.19 bits per heavy atom. The summed E-state index contributed by atoms with van der Waals surface area (Å²) in [5.41, 5.74) is 1.52. The SMILES string of the molecule is O=C(c1cncc(-c2ccccc2F)c1)N1CCOCC1. The van der Waals surface area contributed by atoms with E-state index in [1.54, 1.807) is 35.4 Å². The number of nitrogens with zero attached hydrogens (tertiary/aromatic N) is 2. The lowest BCUT2D eigenvalue weighted by atomic mass is 10.1. The normalized spacial score (nSPS) is 15.0. The van der Waals surface area contributed by atoms with E-state index in [-0.39, 0.29) is 11.7 Å². The van der Waals surface area contributed by atoms with Crippen LogP contribution in [0.4, 0.5) is 4.39 Å². The van der Waals surface area contributed by atoms with Gasteiger partial charge in [-0.05, 0) is 12.1 Å². The zero-order valence-electron chi connectivity index (χ0n) is 11.5. The van der Waals surface area contributed by atoms with Gasteiger partial charge in [0.2, 0.25) is 0 Å². The zero-order valence-corrected chi connectivity index (χ0v) is 11.5. The van der Waals surface area contributed by atoms with E-state index in [4.69, 9.17) is 4.74 Å². The Morgan fingerprint density at radius 3 is 2.71 bits per heavy atom. The maximum absolute atomic E-state index is 13.8. The van der Waals surface area contributed by atoms with Crippen LogP contribution in [0.25, 0.3) is 11.1 Å². The highest BCUT2D eigenvalue weighted by Crippen LogP contribution is 2.23. The van der Waals surface area contributed by atoms with Crippen LogP contribution < -0.4 is 0 Å². The smallest absolute Gasteiger partial charge is 0.255 e. The van der Waals surface area contributed by atoms with Crippen LogP contribution in [0.5, 0.6) is 0 Å². The number of hydrogen-bond acceptors (Lipinski definition) is 3. The van der Waals surface area contributed by atoms with Crippen molar-refractivity contribution >= 4 is 5.91 Å². The Morgan fingerprint density at radius 2 is 1.95 bits per heavy atom. The topological polar surface area (TPSA) is 42.4 Å². The van der Waals surface area contributed by atoms with Crippen LogP contribution in [0.15, 0.2) is 42.7 Å². The summed E-state index contributed by atoms with van der Waals surface area (Å²) in [4.78, 5) is 18.2. The molecule has 0 saturated carbocycles.